The van der Waals surface area contributed by atoms with Gasteiger partial charge in [0.05, 0.1) is 7.11 Å². The predicted molar refractivity (Wildman–Crippen MR) is 95.2 cm³/mol. The molecule has 1 aliphatic rings. The van der Waals surface area contributed by atoms with E-state index in [1.807, 2.05) is 0 Å². The molecule has 0 radical (unpaired) electrons. The monoisotopic (exact) mass is 343 g/mol. The van der Waals surface area contributed by atoms with E-state index in [1.165, 1.54) is 19.6 Å². The number of benzene rings is 1. The Morgan fingerprint density at radius 3 is 2.68 bits per heavy atom. The van der Waals surface area contributed by atoms with E-state index < -0.39 is 5.82 Å². The van der Waals surface area contributed by atoms with Crippen molar-refractivity contribution in [2.75, 3.05) is 12.4 Å². The maximum atomic E-state index is 13.6. The molecule has 1 heterocycles. The normalized spacial score (nSPS) is 14.8. The van der Waals surface area contributed by atoms with Gasteiger partial charge < -0.3 is 10.1 Å². The molecule has 0 aliphatic heterocycles. The number of pyridine rings is 1. The van der Waals surface area contributed by atoms with Gasteiger partial charge in [-0.3, -0.25) is 5.32 Å². The highest BCUT2D eigenvalue weighted by Gasteiger charge is 2.16. The summed E-state index contributed by atoms with van der Waals surface area (Å²) >= 11 is 0. The molecule has 25 heavy (non-hydrogen) atoms. The highest BCUT2D eigenvalue weighted by Crippen LogP contribution is 2.27. The van der Waals surface area contributed by atoms with Crippen LogP contribution in [0.1, 0.15) is 32.1 Å². The maximum absolute atomic E-state index is 13.6. The van der Waals surface area contributed by atoms with Crippen LogP contribution in [0.3, 0.4) is 0 Å². The van der Waals surface area contributed by atoms with Crippen molar-refractivity contribution in [1.82, 2.24) is 10.3 Å². The van der Waals surface area contributed by atoms with E-state index in [2.05, 4.69) is 15.6 Å². The fourth-order valence-corrected chi connectivity index (χ4v) is 3.10. The second kappa shape index (κ2) is 7.96. The van der Waals surface area contributed by atoms with Gasteiger partial charge in [0.1, 0.15) is 5.82 Å². The Labute approximate surface area is 146 Å². The molecule has 0 spiro atoms. The number of hydrogen-bond donors (Lipinski definition) is 2. The number of nitrogens with one attached hydrogen (secondary N) is 2. The quantitative estimate of drug-likeness (QED) is 0.867. The smallest absolute Gasteiger partial charge is 0.320 e. The van der Waals surface area contributed by atoms with Gasteiger partial charge >= 0.3 is 6.03 Å². The van der Waals surface area contributed by atoms with Crippen LogP contribution >= 0.6 is 0 Å². The Kier molecular flexibility index (Phi) is 5.48. The highest BCUT2D eigenvalue weighted by molar-refractivity contribution is 5.89. The zero-order valence-electron chi connectivity index (χ0n) is 14.2. The third-order valence-electron chi connectivity index (χ3n) is 4.43. The summed E-state index contributed by atoms with van der Waals surface area (Å²) in [6, 6.07) is 8.20. The molecular formula is C19H22FN3O2. The molecule has 1 aliphatic carbocycles. The summed E-state index contributed by atoms with van der Waals surface area (Å²) in [5.41, 5.74) is 1.61. The summed E-state index contributed by atoms with van der Waals surface area (Å²) in [7, 11) is 1.43. The van der Waals surface area contributed by atoms with Crippen LogP contribution in [0, 0.1) is 5.82 Å². The Balaban J connectivity index is 1.69. The van der Waals surface area contributed by atoms with E-state index in [1.54, 1.807) is 30.5 Å². The fourth-order valence-electron chi connectivity index (χ4n) is 3.10. The number of amides is 2. The average molecular weight is 343 g/mol. The van der Waals surface area contributed by atoms with Gasteiger partial charge in [0.2, 0.25) is 0 Å². The van der Waals surface area contributed by atoms with Crippen molar-refractivity contribution in [3.8, 4) is 16.9 Å². The number of rotatable bonds is 4. The second-order valence-corrected chi connectivity index (χ2v) is 6.21. The number of ether oxygens (including phenoxy) is 1. The van der Waals surface area contributed by atoms with Crippen LogP contribution in [-0.4, -0.2) is 24.2 Å². The molecule has 0 unspecified atom stereocenters. The van der Waals surface area contributed by atoms with Crippen LogP contribution in [0.5, 0.6) is 5.75 Å². The van der Waals surface area contributed by atoms with E-state index in [9.17, 15) is 9.18 Å². The summed E-state index contributed by atoms with van der Waals surface area (Å²) in [6.07, 6.45) is 7.22. The lowest BCUT2D eigenvalue weighted by Crippen LogP contribution is -2.39. The van der Waals surface area contributed by atoms with E-state index in [0.717, 1.165) is 36.8 Å². The zero-order chi connectivity index (χ0) is 17.6. The number of aromatic nitrogens is 1. The fraction of sp³-hybridized carbons (Fsp3) is 0.368. The molecule has 1 saturated carbocycles. The second-order valence-electron chi connectivity index (χ2n) is 6.21. The number of anilines is 1. The molecule has 0 atom stereocenters. The van der Waals surface area contributed by atoms with Crippen molar-refractivity contribution in [3.05, 3.63) is 42.3 Å². The van der Waals surface area contributed by atoms with E-state index in [-0.39, 0.29) is 17.8 Å². The lowest BCUT2D eigenvalue weighted by atomic mass is 9.96. The third-order valence-corrected chi connectivity index (χ3v) is 4.43. The minimum absolute atomic E-state index is 0.180. The molecule has 1 aromatic heterocycles. The molecule has 1 aromatic carbocycles. The Morgan fingerprint density at radius 1 is 1.16 bits per heavy atom. The number of urea groups is 1. The predicted octanol–water partition coefficient (Wildman–Crippen LogP) is 4.35. The molecule has 132 valence electrons. The zero-order valence-corrected chi connectivity index (χ0v) is 14.2. The molecule has 6 heteroatoms. The number of carbonyl (C=O) groups is 1. The van der Waals surface area contributed by atoms with Gasteiger partial charge in [-0.2, -0.15) is 0 Å². The summed E-state index contributed by atoms with van der Waals surface area (Å²) in [5, 5.41) is 5.77. The number of nitrogens with zero attached hydrogens (tertiary/aromatic N) is 1. The van der Waals surface area contributed by atoms with Gasteiger partial charge in [-0.25, -0.2) is 14.2 Å². The maximum Gasteiger partial charge on any atom is 0.320 e. The molecule has 2 aromatic rings. The summed E-state index contributed by atoms with van der Waals surface area (Å²) < 4.78 is 18.6. The Morgan fingerprint density at radius 2 is 1.92 bits per heavy atom. The van der Waals surface area contributed by atoms with Gasteiger partial charge in [-0.05, 0) is 48.2 Å². The van der Waals surface area contributed by atoms with Crippen molar-refractivity contribution in [3.63, 3.8) is 0 Å². The van der Waals surface area contributed by atoms with Crippen LogP contribution in [0.25, 0.3) is 11.1 Å². The van der Waals surface area contributed by atoms with Gasteiger partial charge in [-0.15, -0.1) is 0 Å². The first-order valence-electron chi connectivity index (χ1n) is 8.53. The van der Waals surface area contributed by atoms with E-state index >= 15 is 0 Å². The molecule has 0 saturated heterocycles. The Hall–Kier alpha value is -2.63. The van der Waals surface area contributed by atoms with Crippen LogP contribution in [0.4, 0.5) is 15.0 Å². The number of carbonyl (C=O) groups excluding carboxylic acids is 1. The van der Waals surface area contributed by atoms with Gasteiger partial charge in [0.25, 0.3) is 0 Å². The van der Waals surface area contributed by atoms with Crippen molar-refractivity contribution >= 4 is 11.8 Å². The van der Waals surface area contributed by atoms with Crippen molar-refractivity contribution in [2.24, 2.45) is 0 Å². The molecule has 3 rings (SSSR count). The minimum atomic E-state index is -0.412. The first-order valence-corrected chi connectivity index (χ1v) is 8.53. The number of halogens is 1. The largest absolute Gasteiger partial charge is 0.494 e. The standard InChI is InChI=1S/C19H22FN3O2/c1-25-17-11-13(7-8-16(17)20)14-9-10-21-18(12-14)23-19(24)22-15-5-3-2-4-6-15/h7-12,15H,2-6H2,1H3,(H2,21,22,23,24). The topological polar surface area (TPSA) is 63.2 Å². The van der Waals surface area contributed by atoms with Gasteiger partial charge in [-0.1, -0.05) is 25.3 Å². The van der Waals surface area contributed by atoms with Gasteiger partial charge in [0, 0.05) is 12.2 Å². The van der Waals surface area contributed by atoms with Crippen LogP contribution in [0.2, 0.25) is 0 Å². The van der Waals surface area contributed by atoms with E-state index in [0.29, 0.717) is 5.82 Å². The Bertz CT molecular complexity index is 745. The lowest BCUT2D eigenvalue weighted by molar-refractivity contribution is 0.244. The first kappa shape index (κ1) is 17.2. The van der Waals surface area contributed by atoms with E-state index in [4.69, 9.17) is 4.74 Å². The summed E-state index contributed by atoms with van der Waals surface area (Å²) in [5.74, 6) is 0.221. The van der Waals surface area contributed by atoms with Crippen molar-refractivity contribution in [2.45, 2.75) is 38.1 Å². The summed E-state index contributed by atoms with van der Waals surface area (Å²) in [4.78, 5) is 16.3. The van der Waals surface area contributed by atoms with Crippen molar-refractivity contribution in [1.29, 1.82) is 0 Å². The lowest BCUT2D eigenvalue weighted by Gasteiger charge is -2.22. The van der Waals surface area contributed by atoms with Crippen molar-refractivity contribution < 1.29 is 13.9 Å². The molecule has 2 N–H and O–H groups in total. The van der Waals surface area contributed by atoms with Gasteiger partial charge in [0.15, 0.2) is 11.6 Å². The molecular weight excluding hydrogens is 321 g/mol. The van der Waals surface area contributed by atoms with Crippen LogP contribution in [0.15, 0.2) is 36.5 Å². The summed E-state index contributed by atoms with van der Waals surface area (Å²) in [6.45, 7) is 0. The third kappa shape index (κ3) is 4.47. The highest BCUT2D eigenvalue weighted by atomic mass is 19.1. The molecule has 2 amide bonds. The SMILES string of the molecule is COc1cc(-c2ccnc(NC(=O)NC3CCCCC3)c2)ccc1F. The van der Waals surface area contributed by atoms with Crippen LogP contribution < -0.4 is 15.4 Å². The first-order chi connectivity index (χ1) is 12.2. The molecule has 5 nitrogen and oxygen atoms in total. The molecule has 0 bridgehead atoms. The minimum Gasteiger partial charge on any atom is -0.494 e. The number of hydrogen-bond acceptors (Lipinski definition) is 3. The average Bonchev–Trinajstić information content (AvgIpc) is 2.63. The molecule has 1 fully saturated rings. The number of methoxy groups -OCH3 is 1. The van der Waals surface area contributed by atoms with Crippen LogP contribution in [-0.2, 0) is 0 Å².